The molecule has 0 saturated heterocycles. The van der Waals surface area contributed by atoms with E-state index in [2.05, 4.69) is 41.5 Å². The smallest absolute Gasteiger partial charge is 0.275 e. The van der Waals surface area contributed by atoms with E-state index in [1.807, 2.05) is 0 Å². The van der Waals surface area contributed by atoms with Crippen LogP contribution in [0, 0.1) is 6.92 Å². The Labute approximate surface area is 123 Å². The number of nitrogens with one attached hydrogen (secondary N) is 1. The van der Waals surface area contributed by atoms with Crippen molar-refractivity contribution < 1.29 is 9.21 Å². The molecule has 3 rings (SSSR count). The van der Waals surface area contributed by atoms with Gasteiger partial charge in [0.15, 0.2) is 0 Å². The van der Waals surface area contributed by atoms with Crippen molar-refractivity contribution in [3.05, 3.63) is 65.2 Å². The number of rotatable bonds is 4. The second kappa shape index (κ2) is 5.79. The topological polar surface area (TPSA) is 54.6 Å². The summed E-state index contributed by atoms with van der Waals surface area (Å²) in [6.07, 6.45) is 4.78. The second-order valence-corrected chi connectivity index (χ2v) is 5.04. The van der Waals surface area contributed by atoms with Gasteiger partial charge in [0, 0.05) is 12.5 Å². The molecule has 1 aromatic heterocycles. The summed E-state index contributed by atoms with van der Waals surface area (Å²) in [5.41, 5.74) is 2.87. The predicted octanol–water partition coefficient (Wildman–Crippen LogP) is 3.09. The molecule has 2 heterocycles. The van der Waals surface area contributed by atoms with E-state index in [0.717, 1.165) is 6.42 Å². The Balaban J connectivity index is 1.66. The number of aryl methyl sites for hydroxylation is 2. The minimum absolute atomic E-state index is 0.176. The van der Waals surface area contributed by atoms with E-state index in [4.69, 9.17) is 4.42 Å². The molecule has 0 saturated carbocycles. The predicted molar refractivity (Wildman–Crippen MR) is 81.8 cm³/mol. The largest absolute Gasteiger partial charge is 0.465 e. The molecule has 0 fully saturated rings. The lowest BCUT2D eigenvalue weighted by Crippen LogP contribution is -2.24. The normalized spacial score (nSPS) is 16.1. The van der Waals surface area contributed by atoms with Gasteiger partial charge in [0.25, 0.3) is 5.91 Å². The maximum Gasteiger partial charge on any atom is 0.275 e. The highest BCUT2D eigenvalue weighted by atomic mass is 16.3. The molecular formula is C17H16N2O2. The van der Waals surface area contributed by atoms with E-state index in [9.17, 15) is 4.79 Å². The van der Waals surface area contributed by atoms with Crippen LogP contribution < -0.4 is 5.32 Å². The van der Waals surface area contributed by atoms with Crippen molar-refractivity contribution in [3.63, 3.8) is 0 Å². The average molecular weight is 280 g/mol. The summed E-state index contributed by atoms with van der Waals surface area (Å²) in [6.45, 7) is 2.07. The van der Waals surface area contributed by atoms with Crippen LogP contribution in [0.2, 0.25) is 0 Å². The van der Waals surface area contributed by atoms with Gasteiger partial charge >= 0.3 is 0 Å². The van der Waals surface area contributed by atoms with E-state index in [1.54, 1.807) is 24.5 Å². The van der Waals surface area contributed by atoms with Crippen molar-refractivity contribution in [2.24, 2.45) is 4.99 Å². The Morgan fingerprint density at radius 1 is 1.19 bits per heavy atom. The van der Waals surface area contributed by atoms with Crippen molar-refractivity contribution in [2.75, 3.05) is 0 Å². The number of amides is 1. The van der Waals surface area contributed by atoms with Crippen molar-refractivity contribution in [2.45, 2.75) is 19.8 Å². The third-order valence-corrected chi connectivity index (χ3v) is 3.34. The number of carbonyl (C=O) groups is 1. The number of amidine groups is 1. The fourth-order valence-corrected chi connectivity index (χ4v) is 2.16. The van der Waals surface area contributed by atoms with Gasteiger partial charge in [-0.05, 0) is 31.0 Å². The van der Waals surface area contributed by atoms with Crippen molar-refractivity contribution in [1.82, 2.24) is 5.32 Å². The molecule has 1 aliphatic heterocycles. The van der Waals surface area contributed by atoms with Gasteiger partial charge in [-0.15, -0.1) is 0 Å². The molecule has 1 aromatic carbocycles. The molecule has 1 amide bonds. The van der Waals surface area contributed by atoms with E-state index >= 15 is 0 Å². The number of furan rings is 1. The number of hydrogen-bond donors (Lipinski definition) is 1. The zero-order valence-electron chi connectivity index (χ0n) is 11.8. The minimum atomic E-state index is -0.176. The summed E-state index contributed by atoms with van der Waals surface area (Å²) in [4.78, 5) is 16.2. The lowest BCUT2D eigenvalue weighted by molar-refractivity contribution is -0.115. The summed E-state index contributed by atoms with van der Waals surface area (Å²) < 4.78 is 5.19. The standard InChI is InChI=1S/C17H16N2O2/c1-12-4-6-13(7-5-12)8-9-16-18-15(17(20)19-16)11-14-3-2-10-21-14/h2-7,10-11H,8-9H2,1H3,(H,18,19,20)/b15-11+. The molecule has 1 aliphatic rings. The molecular weight excluding hydrogens is 264 g/mol. The number of nitrogens with zero attached hydrogens (tertiary/aromatic N) is 1. The average Bonchev–Trinajstić information content (AvgIpc) is 3.10. The highest BCUT2D eigenvalue weighted by Crippen LogP contribution is 2.14. The fraction of sp³-hybridized carbons (Fsp3) is 0.176. The zero-order valence-corrected chi connectivity index (χ0v) is 11.8. The van der Waals surface area contributed by atoms with Gasteiger partial charge in [0.2, 0.25) is 0 Å². The van der Waals surface area contributed by atoms with Crippen LogP contribution in [0.25, 0.3) is 6.08 Å². The summed E-state index contributed by atoms with van der Waals surface area (Å²) >= 11 is 0. The molecule has 1 N–H and O–H groups in total. The summed E-state index contributed by atoms with van der Waals surface area (Å²) in [5.74, 6) is 1.16. The number of aliphatic imine (C=N–C) groups is 1. The van der Waals surface area contributed by atoms with Crippen LogP contribution in [0.4, 0.5) is 0 Å². The molecule has 4 nitrogen and oxygen atoms in total. The van der Waals surface area contributed by atoms with Crippen LogP contribution in [0.3, 0.4) is 0 Å². The molecule has 0 unspecified atom stereocenters. The molecule has 0 atom stereocenters. The Morgan fingerprint density at radius 3 is 2.71 bits per heavy atom. The van der Waals surface area contributed by atoms with Crippen LogP contribution in [-0.4, -0.2) is 11.7 Å². The van der Waals surface area contributed by atoms with Crippen LogP contribution in [0.5, 0.6) is 0 Å². The van der Waals surface area contributed by atoms with Gasteiger partial charge in [-0.2, -0.15) is 0 Å². The van der Waals surface area contributed by atoms with Gasteiger partial charge in [-0.25, -0.2) is 4.99 Å². The number of hydrogen-bond acceptors (Lipinski definition) is 3. The number of carbonyl (C=O) groups excluding carboxylic acids is 1. The first kappa shape index (κ1) is 13.4. The highest BCUT2D eigenvalue weighted by molar-refractivity contribution is 6.14. The first-order chi connectivity index (χ1) is 10.2. The van der Waals surface area contributed by atoms with Crippen LogP contribution >= 0.6 is 0 Å². The molecule has 0 bridgehead atoms. The van der Waals surface area contributed by atoms with Crippen LogP contribution in [0.15, 0.2) is 57.8 Å². The van der Waals surface area contributed by atoms with E-state index < -0.39 is 0 Å². The van der Waals surface area contributed by atoms with Crippen LogP contribution in [-0.2, 0) is 11.2 Å². The van der Waals surface area contributed by atoms with Crippen molar-refractivity contribution in [1.29, 1.82) is 0 Å². The van der Waals surface area contributed by atoms with Gasteiger partial charge in [-0.1, -0.05) is 29.8 Å². The zero-order chi connectivity index (χ0) is 14.7. The minimum Gasteiger partial charge on any atom is -0.465 e. The van der Waals surface area contributed by atoms with Crippen LogP contribution in [0.1, 0.15) is 23.3 Å². The van der Waals surface area contributed by atoms with E-state index in [1.165, 1.54) is 11.1 Å². The first-order valence-corrected chi connectivity index (χ1v) is 6.90. The monoisotopic (exact) mass is 280 g/mol. The molecule has 0 aliphatic carbocycles. The maximum atomic E-state index is 11.8. The molecule has 0 radical (unpaired) electrons. The van der Waals surface area contributed by atoms with E-state index in [0.29, 0.717) is 23.7 Å². The highest BCUT2D eigenvalue weighted by Gasteiger charge is 2.19. The number of benzene rings is 1. The quantitative estimate of drug-likeness (QED) is 0.875. The second-order valence-electron chi connectivity index (χ2n) is 5.04. The first-order valence-electron chi connectivity index (χ1n) is 6.90. The molecule has 21 heavy (non-hydrogen) atoms. The van der Waals surface area contributed by atoms with Gasteiger partial charge in [0.1, 0.15) is 17.3 Å². The molecule has 106 valence electrons. The summed E-state index contributed by atoms with van der Waals surface area (Å²) in [5, 5.41) is 2.80. The van der Waals surface area contributed by atoms with Crippen molar-refractivity contribution in [3.8, 4) is 0 Å². The Kier molecular flexibility index (Phi) is 3.69. The SMILES string of the molecule is Cc1ccc(CCC2=N/C(=C/c3ccco3)C(=O)N2)cc1. The lowest BCUT2D eigenvalue weighted by Gasteiger charge is -2.02. The van der Waals surface area contributed by atoms with Crippen molar-refractivity contribution >= 4 is 17.8 Å². The fourth-order valence-electron chi connectivity index (χ4n) is 2.16. The Morgan fingerprint density at radius 2 is 2.00 bits per heavy atom. The van der Waals surface area contributed by atoms with Gasteiger partial charge < -0.3 is 9.73 Å². The summed E-state index contributed by atoms with van der Waals surface area (Å²) in [6, 6.07) is 12.0. The third-order valence-electron chi connectivity index (χ3n) is 3.34. The third kappa shape index (κ3) is 3.28. The Hall–Kier alpha value is -2.62. The van der Waals surface area contributed by atoms with E-state index in [-0.39, 0.29) is 5.91 Å². The molecule has 4 heteroatoms. The molecule has 0 spiro atoms. The molecule has 2 aromatic rings. The van der Waals surface area contributed by atoms with Gasteiger partial charge in [0.05, 0.1) is 6.26 Å². The Bertz CT molecular complexity index is 695. The lowest BCUT2D eigenvalue weighted by atomic mass is 10.1. The van der Waals surface area contributed by atoms with Gasteiger partial charge in [-0.3, -0.25) is 4.79 Å². The maximum absolute atomic E-state index is 11.8. The summed E-state index contributed by atoms with van der Waals surface area (Å²) in [7, 11) is 0.